The van der Waals surface area contributed by atoms with Crippen molar-refractivity contribution in [1.29, 1.82) is 0 Å². The van der Waals surface area contributed by atoms with Gasteiger partial charge >= 0.3 is 5.97 Å². The summed E-state index contributed by atoms with van der Waals surface area (Å²) in [6, 6.07) is 8.74. The van der Waals surface area contributed by atoms with Gasteiger partial charge in [-0.25, -0.2) is 9.67 Å². The predicted molar refractivity (Wildman–Crippen MR) is 122 cm³/mol. The largest absolute Gasteiger partial charge is 0.481 e. The first-order chi connectivity index (χ1) is 15.5. The molecule has 1 aromatic carbocycles. The SMILES string of the molecule is CN(C)C1CCN(c2ccc3cnn(-c4cncc(-n5ccc(CC(=O)O)c5)n4)c3c2)C1. The molecule has 0 aliphatic carbocycles. The van der Waals surface area contributed by atoms with Gasteiger partial charge in [0.05, 0.1) is 30.5 Å². The molecule has 0 amide bonds. The van der Waals surface area contributed by atoms with Crippen LogP contribution in [0.2, 0.25) is 0 Å². The third-order valence-corrected chi connectivity index (χ3v) is 6.01. The van der Waals surface area contributed by atoms with Crippen molar-refractivity contribution in [2.75, 3.05) is 32.1 Å². The van der Waals surface area contributed by atoms with Crippen LogP contribution < -0.4 is 4.90 Å². The van der Waals surface area contributed by atoms with Crippen molar-refractivity contribution in [1.82, 2.24) is 29.2 Å². The summed E-state index contributed by atoms with van der Waals surface area (Å²) in [7, 11) is 4.26. The minimum absolute atomic E-state index is 0.0299. The van der Waals surface area contributed by atoms with Gasteiger partial charge in [0.15, 0.2) is 11.6 Å². The van der Waals surface area contributed by atoms with E-state index in [1.807, 2.05) is 6.20 Å². The highest BCUT2D eigenvalue weighted by Crippen LogP contribution is 2.27. The number of carboxylic acids is 1. The molecule has 1 aliphatic rings. The molecule has 4 aromatic rings. The van der Waals surface area contributed by atoms with E-state index in [2.05, 4.69) is 52.2 Å². The Bertz CT molecular complexity index is 1280. The Balaban J connectivity index is 1.47. The normalized spacial score (nSPS) is 16.3. The lowest BCUT2D eigenvalue weighted by Crippen LogP contribution is -2.31. The monoisotopic (exact) mass is 431 g/mol. The summed E-state index contributed by atoms with van der Waals surface area (Å²) in [5, 5.41) is 14.6. The standard InChI is InChI=1S/C23H25N7O2/c1-27(2)19-6-8-28(15-19)18-4-3-17-11-25-30(20(17)10-18)22-13-24-12-21(26-22)29-7-5-16(14-29)9-23(31)32/h3-5,7,10-14,19H,6,8-9,15H2,1-2H3,(H,31,32). The van der Waals surface area contributed by atoms with Gasteiger partial charge in [-0.1, -0.05) is 0 Å². The molecule has 0 bridgehead atoms. The maximum atomic E-state index is 11.0. The molecule has 3 aromatic heterocycles. The van der Waals surface area contributed by atoms with Crippen LogP contribution in [0.3, 0.4) is 0 Å². The summed E-state index contributed by atoms with van der Waals surface area (Å²) in [6.07, 6.45) is 9.84. The van der Waals surface area contributed by atoms with E-state index in [4.69, 9.17) is 10.1 Å². The molecule has 32 heavy (non-hydrogen) atoms. The smallest absolute Gasteiger partial charge is 0.307 e. The summed E-state index contributed by atoms with van der Waals surface area (Å²) < 4.78 is 3.58. The lowest BCUT2D eigenvalue weighted by molar-refractivity contribution is -0.136. The van der Waals surface area contributed by atoms with Crippen molar-refractivity contribution < 1.29 is 9.90 Å². The van der Waals surface area contributed by atoms with E-state index in [1.165, 1.54) is 5.69 Å². The molecule has 1 unspecified atom stereocenters. The molecule has 164 valence electrons. The Morgan fingerprint density at radius 2 is 2.03 bits per heavy atom. The van der Waals surface area contributed by atoms with Crippen LogP contribution in [0, 0.1) is 0 Å². The second-order valence-corrected chi connectivity index (χ2v) is 8.38. The average Bonchev–Trinajstić information content (AvgIpc) is 3.52. The zero-order valence-corrected chi connectivity index (χ0v) is 18.1. The summed E-state index contributed by atoms with van der Waals surface area (Å²) in [6.45, 7) is 2.04. The maximum absolute atomic E-state index is 11.0. The first-order valence-corrected chi connectivity index (χ1v) is 10.6. The van der Waals surface area contributed by atoms with E-state index in [9.17, 15) is 4.79 Å². The Morgan fingerprint density at radius 1 is 1.19 bits per heavy atom. The topological polar surface area (TPSA) is 92.3 Å². The summed E-state index contributed by atoms with van der Waals surface area (Å²) in [5.74, 6) is 0.347. The number of hydrogen-bond donors (Lipinski definition) is 1. The molecule has 0 saturated carbocycles. The van der Waals surface area contributed by atoms with Gasteiger partial charge in [-0.15, -0.1) is 0 Å². The highest BCUT2D eigenvalue weighted by Gasteiger charge is 2.24. The van der Waals surface area contributed by atoms with Gasteiger partial charge < -0.3 is 19.5 Å². The number of rotatable bonds is 6. The Labute approximate surface area is 185 Å². The minimum atomic E-state index is -0.865. The lowest BCUT2D eigenvalue weighted by atomic mass is 10.2. The molecule has 1 saturated heterocycles. The number of fused-ring (bicyclic) bond motifs is 1. The molecule has 9 nitrogen and oxygen atoms in total. The maximum Gasteiger partial charge on any atom is 0.307 e. The van der Waals surface area contributed by atoms with Crippen molar-refractivity contribution >= 4 is 22.6 Å². The van der Waals surface area contributed by atoms with E-state index >= 15 is 0 Å². The van der Waals surface area contributed by atoms with E-state index in [1.54, 1.807) is 40.1 Å². The first-order valence-electron chi connectivity index (χ1n) is 10.6. The molecule has 4 heterocycles. The number of benzene rings is 1. The lowest BCUT2D eigenvalue weighted by Gasteiger charge is -2.22. The van der Waals surface area contributed by atoms with Crippen LogP contribution >= 0.6 is 0 Å². The van der Waals surface area contributed by atoms with Crippen LogP contribution in [-0.2, 0) is 11.2 Å². The molecule has 1 aliphatic heterocycles. The number of nitrogens with zero attached hydrogens (tertiary/aromatic N) is 7. The minimum Gasteiger partial charge on any atom is -0.481 e. The molecular weight excluding hydrogens is 406 g/mol. The zero-order valence-electron chi connectivity index (χ0n) is 18.1. The van der Waals surface area contributed by atoms with Crippen LogP contribution in [0.15, 0.2) is 55.2 Å². The number of carboxylic acid groups (broad SMARTS) is 1. The first kappa shape index (κ1) is 20.2. The average molecular weight is 432 g/mol. The molecule has 0 spiro atoms. The van der Waals surface area contributed by atoms with Gasteiger partial charge in [-0.2, -0.15) is 5.10 Å². The highest BCUT2D eigenvalue weighted by atomic mass is 16.4. The predicted octanol–water partition coefficient (Wildman–Crippen LogP) is 2.37. The molecule has 1 fully saturated rings. The second kappa shape index (κ2) is 8.08. The quantitative estimate of drug-likeness (QED) is 0.501. The molecular formula is C23H25N7O2. The Kier molecular flexibility index (Phi) is 5.10. The third-order valence-electron chi connectivity index (χ3n) is 6.01. The number of likely N-dealkylation sites (N-methyl/N-ethyl adjacent to an activating group) is 1. The zero-order chi connectivity index (χ0) is 22.2. The van der Waals surface area contributed by atoms with Gasteiger partial charge in [0.25, 0.3) is 0 Å². The highest BCUT2D eigenvalue weighted by molar-refractivity contribution is 5.83. The summed E-state index contributed by atoms with van der Waals surface area (Å²) >= 11 is 0. The number of aliphatic carboxylic acids is 1. The van der Waals surface area contributed by atoms with E-state index < -0.39 is 5.97 Å². The van der Waals surface area contributed by atoms with Gasteiger partial charge in [-0.05, 0) is 50.3 Å². The molecule has 5 rings (SSSR count). The molecule has 1 N–H and O–H groups in total. The fourth-order valence-corrected chi connectivity index (χ4v) is 4.22. The van der Waals surface area contributed by atoms with Crippen molar-refractivity contribution in [3.05, 3.63) is 60.8 Å². The van der Waals surface area contributed by atoms with Gasteiger partial charge in [-0.3, -0.25) is 9.78 Å². The van der Waals surface area contributed by atoms with E-state index in [-0.39, 0.29) is 6.42 Å². The van der Waals surface area contributed by atoms with Gasteiger partial charge in [0.1, 0.15) is 0 Å². The number of hydrogen-bond acceptors (Lipinski definition) is 6. The molecule has 9 heteroatoms. The fraction of sp³-hybridized carbons (Fsp3) is 0.304. The Morgan fingerprint density at radius 3 is 2.81 bits per heavy atom. The van der Waals surface area contributed by atoms with Crippen LogP contribution in [-0.4, -0.2) is 73.5 Å². The van der Waals surface area contributed by atoms with Gasteiger partial charge in [0, 0.05) is 42.6 Å². The van der Waals surface area contributed by atoms with Crippen LogP contribution in [0.25, 0.3) is 22.5 Å². The summed E-state index contributed by atoms with van der Waals surface area (Å²) in [4.78, 5) is 24.7. The van der Waals surface area contributed by atoms with Crippen LogP contribution in [0.1, 0.15) is 12.0 Å². The fourth-order valence-electron chi connectivity index (χ4n) is 4.22. The van der Waals surface area contributed by atoms with E-state index in [0.717, 1.165) is 30.4 Å². The van der Waals surface area contributed by atoms with Crippen LogP contribution in [0.5, 0.6) is 0 Å². The Hall–Kier alpha value is -3.72. The van der Waals surface area contributed by atoms with Crippen molar-refractivity contribution in [3.8, 4) is 11.6 Å². The van der Waals surface area contributed by atoms with Crippen LogP contribution in [0.4, 0.5) is 5.69 Å². The number of anilines is 1. The number of aromatic nitrogens is 5. The van der Waals surface area contributed by atoms with Crippen molar-refractivity contribution in [3.63, 3.8) is 0 Å². The molecule has 1 atom stereocenters. The van der Waals surface area contributed by atoms with Crippen molar-refractivity contribution in [2.45, 2.75) is 18.9 Å². The van der Waals surface area contributed by atoms with Gasteiger partial charge in [0.2, 0.25) is 0 Å². The van der Waals surface area contributed by atoms with E-state index in [0.29, 0.717) is 23.2 Å². The summed E-state index contributed by atoms with van der Waals surface area (Å²) in [5.41, 5.74) is 2.86. The number of carbonyl (C=O) groups is 1. The van der Waals surface area contributed by atoms with Crippen molar-refractivity contribution in [2.24, 2.45) is 0 Å². The third kappa shape index (κ3) is 3.82. The second-order valence-electron chi connectivity index (χ2n) is 8.38. The molecule has 0 radical (unpaired) electrons.